The third-order valence-corrected chi connectivity index (χ3v) is 9.28. The van der Waals surface area contributed by atoms with Crippen LogP contribution in [0.15, 0.2) is 0 Å². The van der Waals surface area contributed by atoms with Crippen LogP contribution in [0.25, 0.3) is 0 Å². The molecule has 0 saturated carbocycles. The summed E-state index contributed by atoms with van der Waals surface area (Å²) >= 11 is 0. The molecule has 0 aliphatic carbocycles. The molecule has 0 fully saturated rings. The summed E-state index contributed by atoms with van der Waals surface area (Å²) in [6, 6.07) is 0. The Labute approximate surface area is 134 Å². The predicted octanol–water partition coefficient (Wildman–Crippen LogP) is 4.76. The molecule has 0 rings (SSSR count). The Bertz CT molecular complexity index is 232. The molecule has 112 valence electrons. The van der Waals surface area contributed by atoms with E-state index in [0.717, 1.165) is 25.7 Å². The van der Waals surface area contributed by atoms with Crippen molar-refractivity contribution >= 4 is 63.3 Å². The average Bonchev–Trinajstić information content (AvgIpc) is 2.41. The van der Waals surface area contributed by atoms with Gasteiger partial charge in [-0.2, -0.15) is 0 Å². The lowest BCUT2D eigenvalue weighted by Gasteiger charge is -2.03. The van der Waals surface area contributed by atoms with Crippen LogP contribution in [0.2, 0.25) is 0 Å². The second kappa shape index (κ2) is 15.1. The van der Waals surface area contributed by atoms with Crippen molar-refractivity contribution in [2.24, 2.45) is 0 Å². The zero-order chi connectivity index (χ0) is 14.3. The largest absolute Gasteiger partial charge is 0.290 e. The minimum absolute atomic E-state index is 0.0745. The van der Waals surface area contributed by atoms with E-state index < -0.39 is 0 Å². The summed E-state index contributed by atoms with van der Waals surface area (Å²) < 4.78 is 5.51. The average molecular weight is 361 g/mol. The monoisotopic (exact) mass is 360 g/mol. The Kier molecular flexibility index (Phi) is 15.6. The molecule has 19 heavy (non-hydrogen) atoms. The van der Waals surface area contributed by atoms with E-state index in [1.807, 2.05) is 0 Å². The highest BCUT2D eigenvalue weighted by Gasteiger charge is 2.02. The van der Waals surface area contributed by atoms with Crippen molar-refractivity contribution in [2.45, 2.75) is 52.4 Å². The van der Waals surface area contributed by atoms with Crippen LogP contribution in [-0.4, -0.2) is 11.8 Å². The van der Waals surface area contributed by atoms with Gasteiger partial charge in [0.1, 0.15) is 0 Å². The third-order valence-electron chi connectivity index (χ3n) is 1.95. The zero-order valence-electron chi connectivity index (χ0n) is 11.1. The van der Waals surface area contributed by atoms with Crippen LogP contribution in [0.5, 0.6) is 0 Å². The minimum Gasteiger partial charge on any atom is -0.290 e. The van der Waals surface area contributed by atoms with E-state index in [9.17, 15) is 9.59 Å². The highest BCUT2D eigenvalue weighted by Crippen LogP contribution is 2.46. The number of nitrogens with one attached hydrogen (secondary N) is 2. The highest BCUT2D eigenvalue weighted by atomic mass is 33.8. The maximum absolute atomic E-state index is 11.3. The molecule has 0 aliphatic heterocycles. The van der Waals surface area contributed by atoms with Crippen molar-refractivity contribution in [3.8, 4) is 0 Å². The first-order valence-electron chi connectivity index (χ1n) is 6.10. The standard InChI is InChI=1S/C10H20N2O2S5/c1-3-5-7-9(13)11-15-17-19-18-16-12-10(14)8-6-4-2/h3-8H2,1-2H3,(H,11,13)(H,12,14). The van der Waals surface area contributed by atoms with Gasteiger partial charge in [0.15, 0.2) is 0 Å². The first kappa shape index (κ1) is 19.7. The summed E-state index contributed by atoms with van der Waals surface area (Å²) in [5, 5.41) is 0. The normalized spacial score (nSPS) is 10.2. The van der Waals surface area contributed by atoms with Crippen molar-refractivity contribution in [1.29, 1.82) is 0 Å². The third kappa shape index (κ3) is 14.9. The van der Waals surface area contributed by atoms with E-state index >= 15 is 0 Å². The van der Waals surface area contributed by atoms with Crippen molar-refractivity contribution in [3.63, 3.8) is 0 Å². The molecule has 0 radical (unpaired) electrons. The summed E-state index contributed by atoms with van der Waals surface area (Å²) in [6.45, 7) is 4.13. The van der Waals surface area contributed by atoms with Gasteiger partial charge in [0.05, 0.1) is 0 Å². The molecule has 2 amide bonds. The van der Waals surface area contributed by atoms with E-state index in [-0.39, 0.29) is 11.8 Å². The molecule has 0 saturated heterocycles. The lowest BCUT2D eigenvalue weighted by atomic mass is 10.2. The van der Waals surface area contributed by atoms with Gasteiger partial charge in [0.25, 0.3) is 0 Å². The van der Waals surface area contributed by atoms with E-state index in [1.54, 1.807) is 0 Å². The number of carbonyl (C=O) groups is 2. The van der Waals surface area contributed by atoms with Crippen LogP contribution in [-0.2, 0) is 9.59 Å². The van der Waals surface area contributed by atoms with E-state index in [4.69, 9.17) is 0 Å². The van der Waals surface area contributed by atoms with Crippen molar-refractivity contribution in [2.75, 3.05) is 0 Å². The van der Waals surface area contributed by atoms with Gasteiger partial charge in [-0.15, -0.1) is 0 Å². The Morgan fingerprint density at radius 3 is 1.58 bits per heavy atom. The topological polar surface area (TPSA) is 58.2 Å². The summed E-state index contributed by atoms with van der Waals surface area (Å²) in [7, 11) is 7.10. The van der Waals surface area contributed by atoms with E-state index in [2.05, 4.69) is 23.3 Å². The molecule has 0 heterocycles. The zero-order valence-corrected chi connectivity index (χ0v) is 15.2. The molecule has 0 aliphatic rings. The molecule has 0 spiro atoms. The van der Waals surface area contributed by atoms with Crippen molar-refractivity contribution < 1.29 is 9.59 Å². The first-order valence-corrected chi connectivity index (χ1v) is 12.3. The molecule has 9 heteroatoms. The van der Waals surface area contributed by atoms with Crippen LogP contribution in [0.4, 0.5) is 0 Å². The fourth-order valence-corrected chi connectivity index (χ4v) is 7.74. The van der Waals surface area contributed by atoms with Crippen LogP contribution in [0.1, 0.15) is 52.4 Å². The Morgan fingerprint density at radius 2 is 1.21 bits per heavy atom. The maximum atomic E-state index is 11.3. The maximum Gasteiger partial charge on any atom is 0.230 e. The Balaban J connectivity index is 3.22. The van der Waals surface area contributed by atoms with Crippen LogP contribution in [0.3, 0.4) is 0 Å². The molecule has 0 unspecified atom stereocenters. The molecule has 0 aromatic heterocycles. The second-order valence-electron chi connectivity index (χ2n) is 3.63. The fourth-order valence-electron chi connectivity index (χ4n) is 0.943. The number of hydrogen-bond donors (Lipinski definition) is 2. The second-order valence-corrected chi connectivity index (χ2v) is 10.7. The number of carbonyl (C=O) groups excluding carboxylic acids is 2. The molecular formula is C10H20N2O2S5. The van der Waals surface area contributed by atoms with E-state index in [1.165, 1.54) is 51.4 Å². The molecule has 0 aromatic carbocycles. The molecular weight excluding hydrogens is 340 g/mol. The number of hydrogen-bond acceptors (Lipinski definition) is 7. The molecule has 0 bridgehead atoms. The number of unbranched alkanes of at least 4 members (excludes halogenated alkanes) is 2. The lowest BCUT2D eigenvalue weighted by molar-refractivity contribution is -0.120. The number of rotatable bonds is 12. The van der Waals surface area contributed by atoms with Gasteiger partial charge >= 0.3 is 0 Å². The van der Waals surface area contributed by atoms with Gasteiger partial charge < -0.3 is 0 Å². The van der Waals surface area contributed by atoms with Gasteiger partial charge in [-0.05, 0) is 12.8 Å². The smallest absolute Gasteiger partial charge is 0.230 e. The SMILES string of the molecule is CCCCC(=O)NSSSSSNC(=O)CCCC. The molecule has 0 atom stereocenters. The summed E-state index contributed by atoms with van der Waals surface area (Å²) in [5.74, 6) is 0.149. The Morgan fingerprint density at radius 1 is 0.789 bits per heavy atom. The van der Waals surface area contributed by atoms with Crippen molar-refractivity contribution in [1.82, 2.24) is 9.44 Å². The minimum atomic E-state index is 0.0745. The van der Waals surface area contributed by atoms with Crippen LogP contribution >= 0.6 is 51.4 Å². The van der Waals surface area contributed by atoms with Crippen LogP contribution in [0, 0.1) is 0 Å². The van der Waals surface area contributed by atoms with Gasteiger partial charge in [0, 0.05) is 64.3 Å². The van der Waals surface area contributed by atoms with Crippen molar-refractivity contribution in [3.05, 3.63) is 0 Å². The van der Waals surface area contributed by atoms with Gasteiger partial charge in [-0.1, -0.05) is 26.7 Å². The fraction of sp³-hybridized carbons (Fsp3) is 0.800. The van der Waals surface area contributed by atoms with Gasteiger partial charge in [-0.3, -0.25) is 19.0 Å². The van der Waals surface area contributed by atoms with Gasteiger partial charge in [0.2, 0.25) is 11.8 Å². The van der Waals surface area contributed by atoms with Gasteiger partial charge in [-0.25, -0.2) is 0 Å². The lowest BCUT2D eigenvalue weighted by Crippen LogP contribution is -2.13. The van der Waals surface area contributed by atoms with E-state index in [0.29, 0.717) is 12.8 Å². The predicted molar refractivity (Wildman–Crippen MR) is 93.3 cm³/mol. The molecule has 0 aromatic rings. The highest BCUT2D eigenvalue weighted by molar-refractivity contribution is 9.35. The first-order chi connectivity index (χ1) is 9.20. The summed E-state index contributed by atoms with van der Waals surface area (Å²) in [5.41, 5.74) is 0. The summed E-state index contributed by atoms with van der Waals surface area (Å²) in [4.78, 5) is 22.5. The molecule has 2 N–H and O–H groups in total. The summed E-state index contributed by atoms with van der Waals surface area (Å²) in [6.07, 6.45) is 5.10. The quantitative estimate of drug-likeness (QED) is 0.296. The Hall–Kier alpha value is 0.690. The molecule has 4 nitrogen and oxygen atoms in total. The number of amides is 2. The van der Waals surface area contributed by atoms with Crippen LogP contribution < -0.4 is 9.44 Å².